The second-order valence-electron chi connectivity index (χ2n) is 9.40. The number of sulfone groups is 1. The van der Waals surface area contributed by atoms with Crippen LogP contribution in [-0.4, -0.2) is 53.2 Å². The SMILES string of the molecule is Cc1ccc(CNC(=O)C(CC(C)C)NC(=O)C2N3C(=O)CC3S(=O)(=O)C2(C)C)cc1. The van der Waals surface area contributed by atoms with Crippen molar-refractivity contribution in [3.63, 3.8) is 0 Å². The maximum absolute atomic E-state index is 13.1. The van der Waals surface area contributed by atoms with E-state index in [1.807, 2.05) is 45.0 Å². The van der Waals surface area contributed by atoms with Crippen molar-refractivity contribution in [2.45, 2.75) is 76.2 Å². The number of rotatable bonds is 7. The molecule has 0 aliphatic carbocycles. The molecule has 2 saturated heterocycles. The molecule has 2 aliphatic heterocycles. The molecule has 2 fully saturated rings. The van der Waals surface area contributed by atoms with Crippen LogP contribution in [0, 0.1) is 12.8 Å². The molecule has 0 saturated carbocycles. The van der Waals surface area contributed by atoms with Gasteiger partial charge in [0.25, 0.3) is 0 Å². The largest absolute Gasteiger partial charge is 0.350 e. The minimum Gasteiger partial charge on any atom is -0.350 e. The third-order valence-electron chi connectivity index (χ3n) is 6.15. The van der Waals surface area contributed by atoms with E-state index >= 15 is 0 Å². The summed E-state index contributed by atoms with van der Waals surface area (Å²) in [5.74, 6) is -1.19. The van der Waals surface area contributed by atoms with Crippen LogP contribution < -0.4 is 10.6 Å². The molecule has 8 nitrogen and oxygen atoms in total. The second kappa shape index (κ2) is 8.26. The quantitative estimate of drug-likeness (QED) is 0.609. The van der Waals surface area contributed by atoms with Gasteiger partial charge in [0.2, 0.25) is 17.7 Å². The lowest BCUT2D eigenvalue weighted by Gasteiger charge is -2.37. The molecule has 3 rings (SSSR count). The Morgan fingerprint density at radius 1 is 1.19 bits per heavy atom. The van der Waals surface area contributed by atoms with Gasteiger partial charge in [0, 0.05) is 6.54 Å². The van der Waals surface area contributed by atoms with E-state index in [1.165, 1.54) is 13.8 Å². The van der Waals surface area contributed by atoms with E-state index in [9.17, 15) is 22.8 Å². The molecule has 2 N–H and O–H groups in total. The average molecular weight is 450 g/mol. The fourth-order valence-electron chi connectivity index (χ4n) is 4.23. The number of hydrogen-bond donors (Lipinski definition) is 2. The van der Waals surface area contributed by atoms with Crippen LogP contribution in [0.3, 0.4) is 0 Å². The molecule has 0 spiro atoms. The summed E-state index contributed by atoms with van der Waals surface area (Å²) in [6.45, 7) is 9.10. The van der Waals surface area contributed by atoms with Crippen molar-refractivity contribution < 1.29 is 22.8 Å². The fraction of sp³-hybridized carbons (Fsp3) is 0.591. The molecule has 0 aromatic heterocycles. The number of fused-ring (bicyclic) bond motifs is 1. The Labute approximate surface area is 183 Å². The predicted octanol–water partition coefficient (Wildman–Crippen LogP) is 1.28. The number of carbonyl (C=O) groups excluding carboxylic acids is 3. The molecule has 2 heterocycles. The molecule has 3 unspecified atom stereocenters. The number of aryl methyl sites for hydroxylation is 1. The normalized spacial score (nSPS) is 24.3. The number of amides is 3. The van der Waals surface area contributed by atoms with Gasteiger partial charge < -0.3 is 15.5 Å². The molecular weight excluding hydrogens is 418 g/mol. The standard InChI is InChI=1S/C22H31N3O5S/c1-13(2)10-16(20(27)23-12-15-8-6-14(3)7-9-15)24-21(28)19-22(4,5)31(29,30)18-11-17(26)25(18)19/h6-9,13,16,18-19H,10-12H2,1-5H3,(H,23,27)(H,24,28). The maximum Gasteiger partial charge on any atom is 0.245 e. The van der Waals surface area contributed by atoms with Gasteiger partial charge in [-0.15, -0.1) is 0 Å². The first-order valence-corrected chi connectivity index (χ1v) is 12.1. The molecule has 3 amide bonds. The highest BCUT2D eigenvalue weighted by Gasteiger charge is 2.67. The summed E-state index contributed by atoms with van der Waals surface area (Å²) < 4.78 is 24.1. The van der Waals surface area contributed by atoms with Gasteiger partial charge in [0.1, 0.15) is 17.5 Å². The van der Waals surface area contributed by atoms with Gasteiger partial charge >= 0.3 is 0 Å². The van der Waals surface area contributed by atoms with Crippen molar-refractivity contribution >= 4 is 27.6 Å². The van der Waals surface area contributed by atoms with E-state index in [4.69, 9.17) is 0 Å². The first-order valence-electron chi connectivity index (χ1n) is 10.5. The van der Waals surface area contributed by atoms with Gasteiger partial charge in [0.15, 0.2) is 9.84 Å². The van der Waals surface area contributed by atoms with Crippen LogP contribution in [-0.2, 0) is 30.8 Å². The topological polar surface area (TPSA) is 113 Å². The molecule has 3 atom stereocenters. The zero-order valence-electron chi connectivity index (χ0n) is 18.6. The smallest absolute Gasteiger partial charge is 0.245 e. The van der Waals surface area contributed by atoms with Gasteiger partial charge in [-0.3, -0.25) is 14.4 Å². The number of carbonyl (C=O) groups is 3. The summed E-state index contributed by atoms with van der Waals surface area (Å²) in [7, 11) is -3.68. The van der Waals surface area contributed by atoms with E-state index in [2.05, 4.69) is 10.6 Å². The van der Waals surface area contributed by atoms with Gasteiger partial charge in [-0.2, -0.15) is 0 Å². The Bertz CT molecular complexity index is 985. The molecule has 9 heteroatoms. The summed E-state index contributed by atoms with van der Waals surface area (Å²) >= 11 is 0. The Balaban J connectivity index is 1.74. The number of nitrogens with zero attached hydrogens (tertiary/aromatic N) is 1. The van der Waals surface area contributed by atoms with Crippen molar-refractivity contribution in [1.29, 1.82) is 0 Å². The monoisotopic (exact) mass is 449 g/mol. The highest BCUT2D eigenvalue weighted by atomic mass is 32.2. The van der Waals surface area contributed by atoms with E-state index in [1.54, 1.807) is 0 Å². The summed E-state index contributed by atoms with van der Waals surface area (Å²) in [5, 5.41) is 4.62. The average Bonchev–Trinajstić information content (AvgIpc) is 2.80. The minimum absolute atomic E-state index is 0.0952. The molecule has 2 aliphatic rings. The third kappa shape index (κ3) is 4.20. The lowest BCUT2D eigenvalue weighted by Crippen LogP contribution is -2.61. The van der Waals surface area contributed by atoms with Gasteiger partial charge in [-0.25, -0.2) is 8.42 Å². The summed E-state index contributed by atoms with van der Waals surface area (Å²) in [5.41, 5.74) is 2.05. The molecule has 0 radical (unpaired) electrons. The highest BCUT2D eigenvalue weighted by Crippen LogP contribution is 2.45. The lowest BCUT2D eigenvalue weighted by molar-refractivity contribution is -0.150. The van der Waals surface area contributed by atoms with Crippen LogP contribution in [0.1, 0.15) is 51.7 Å². The van der Waals surface area contributed by atoms with Gasteiger partial charge in [-0.1, -0.05) is 43.7 Å². The minimum atomic E-state index is -3.68. The van der Waals surface area contributed by atoms with E-state index in [-0.39, 0.29) is 24.2 Å². The number of β-lactam (4-membered cyclic amide) rings is 1. The van der Waals surface area contributed by atoms with Crippen LogP contribution in [0.25, 0.3) is 0 Å². The van der Waals surface area contributed by atoms with Crippen molar-refractivity contribution in [2.75, 3.05) is 0 Å². The summed E-state index contributed by atoms with van der Waals surface area (Å²) in [4.78, 5) is 39.2. The van der Waals surface area contributed by atoms with E-state index in [0.717, 1.165) is 16.0 Å². The Morgan fingerprint density at radius 3 is 2.35 bits per heavy atom. The van der Waals surface area contributed by atoms with E-state index in [0.29, 0.717) is 13.0 Å². The Hall–Kier alpha value is -2.42. The zero-order chi connectivity index (χ0) is 23.1. The highest BCUT2D eigenvalue weighted by molar-refractivity contribution is 7.93. The van der Waals surface area contributed by atoms with Gasteiger partial charge in [-0.05, 0) is 38.7 Å². The molecule has 1 aromatic carbocycles. The molecule has 31 heavy (non-hydrogen) atoms. The zero-order valence-corrected chi connectivity index (χ0v) is 19.5. The Kier molecular flexibility index (Phi) is 6.19. The summed E-state index contributed by atoms with van der Waals surface area (Å²) in [6, 6.07) is 5.78. The van der Waals surface area contributed by atoms with Crippen LogP contribution in [0.4, 0.5) is 0 Å². The van der Waals surface area contributed by atoms with Gasteiger partial charge in [0.05, 0.1) is 11.2 Å². The molecule has 1 aromatic rings. The number of hydrogen-bond acceptors (Lipinski definition) is 5. The third-order valence-corrected chi connectivity index (χ3v) is 8.95. The molecular formula is C22H31N3O5S. The van der Waals surface area contributed by atoms with Crippen molar-refractivity contribution in [3.05, 3.63) is 35.4 Å². The lowest BCUT2D eigenvalue weighted by atomic mass is 9.96. The van der Waals surface area contributed by atoms with Crippen LogP contribution in [0.15, 0.2) is 24.3 Å². The van der Waals surface area contributed by atoms with Crippen LogP contribution >= 0.6 is 0 Å². The fourth-order valence-corrected chi connectivity index (χ4v) is 6.36. The first kappa shape index (κ1) is 23.2. The van der Waals surface area contributed by atoms with Crippen molar-refractivity contribution in [3.8, 4) is 0 Å². The number of benzene rings is 1. The summed E-state index contributed by atoms with van der Waals surface area (Å²) in [6.07, 6.45) is 0.296. The number of nitrogens with one attached hydrogen (secondary N) is 2. The molecule has 0 bridgehead atoms. The Morgan fingerprint density at radius 2 is 1.81 bits per heavy atom. The van der Waals surface area contributed by atoms with Crippen LogP contribution in [0.2, 0.25) is 0 Å². The van der Waals surface area contributed by atoms with Crippen LogP contribution in [0.5, 0.6) is 0 Å². The second-order valence-corrected chi connectivity index (χ2v) is 12.1. The first-order chi connectivity index (χ1) is 14.4. The van der Waals surface area contributed by atoms with Crippen molar-refractivity contribution in [1.82, 2.24) is 15.5 Å². The predicted molar refractivity (Wildman–Crippen MR) is 116 cm³/mol. The molecule has 170 valence electrons. The van der Waals surface area contributed by atoms with E-state index < -0.39 is 37.9 Å². The van der Waals surface area contributed by atoms with Crippen molar-refractivity contribution in [2.24, 2.45) is 5.92 Å². The maximum atomic E-state index is 13.1.